The van der Waals surface area contributed by atoms with Crippen molar-refractivity contribution in [3.63, 3.8) is 0 Å². The van der Waals surface area contributed by atoms with Gasteiger partial charge in [-0.1, -0.05) is 78.9 Å². The highest BCUT2D eigenvalue weighted by Crippen LogP contribution is 2.54. The molecule has 0 bridgehead atoms. The minimum absolute atomic E-state index is 0.117. The minimum atomic E-state index is -0.331. The Morgan fingerprint density at radius 1 is 0.523 bits per heavy atom. The molecule has 0 fully saturated rings. The summed E-state index contributed by atoms with van der Waals surface area (Å²) in [5.74, 6) is 0. The number of furan rings is 1. The highest BCUT2D eigenvalue weighted by molar-refractivity contribution is 7.00. The van der Waals surface area contributed by atoms with E-state index in [4.69, 9.17) is 4.42 Å². The van der Waals surface area contributed by atoms with E-state index in [1.807, 2.05) is 6.07 Å². The molecule has 0 aliphatic carbocycles. The van der Waals surface area contributed by atoms with Crippen LogP contribution in [-0.2, 0) is 0 Å². The first-order valence-electron chi connectivity index (χ1n) is 15.3. The number of hydrogen-bond donors (Lipinski definition) is 0. The molecule has 3 aliphatic heterocycles. The average Bonchev–Trinajstić information content (AvgIpc) is 3.55. The summed E-state index contributed by atoms with van der Waals surface area (Å²) < 4.78 is 6.37. The number of nitrogens with zero attached hydrogens (tertiary/aromatic N) is 3. The Bertz CT molecular complexity index is 2310. The molecule has 4 heterocycles. The van der Waals surface area contributed by atoms with Crippen LogP contribution in [0.1, 0.15) is 13.8 Å². The van der Waals surface area contributed by atoms with Gasteiger partial charge in [0, 0.05) is 28.1 Å². The predicted molar refractivity (Wildman–Crippen MR) is 184 cm³/mol. The van der Waals surface area contributed by atoms with Crippen molar-refractivity contribution in [1.29, 1.82) is 0 Å². The maximum absolute atomic E-state index is 6.37. The van der Waals surface area contributed by atoms with E-state index in [1.165, 1.54) is 50.5 Å². The normalized spacial score (nSPS) is 15.5. The van der Waals surface area contributed by atoms with Crippen LogP contribution < -0.4 is 31.1 Å². The Morgan fingerprint density at radius 3 is 2.07 bits per heavy atom. The molecule has 7 aromatic rings. The molecular formula is C39H28BN3O. The van der Waals surface area contributed by atoms with Gasteiger partial charge in [-0.2, -0.15) is 0 Å². The first-order chi connectivity index (χ1) is 21.6. The van der Waals surface area contributed by atoms with Gasteiger partial charge in [0.1, 0.15) is 16.8 Å². The second-order valence-electron chi connectivity index (χ2n) is 12.5. The summed E-state index contributed by atoms with van der Waals surface area (Å²) in [6.07, 6.45) is 0. The maximum atomic E-state index is 6.37. The zero-order valence-electron chi connectivity index (χ0n) is 24.5. The highest BCUT2D eigenvalue weighted by atomic mass is 16.3. The summed E-state index contributed by atoms with van der Waals surface area (Å²) in [4.78, 5) is 7.56. The third-order valence-corrected chi connectivity index (χ3v) is 9.87. The molecule has 3 aliphatic rings. The third kappa shape index (κ3) is 2.89. The molecule has 0 saturated heterocycles. The number of para-hydroxylation sites is 4. The van der Waals surface area contributed by atoms with Crippen LogP contribution in [0.25, 0.3) is 21.9 Å². The largest absolute Gasteiger partial charge is 0.456 e. The van der Waals surface area contributed by atoms with Crippen LogP contribution in [-0.4, -0.2) is 12.4 Å². The van der Waals surface area contributed by atoms with Gasteiger partial charge < -0.3 is 19.1 Å². The van der Waals surface area contributed by atoms with Crippen molar-refractivity contribution in [3.05, 3.63) is 133 Å². The fraction of sp³-hybridized carbons (Fsp3) is 0.0769. The van der Waals surface area contributed by atoms with Crippen LogP contribution in [0.5, 0.6) is 0 Å². The molecule has 6 aromatic carbocycles. The van der Waals surface area contributed by atoms with Gasteiger partial charge >= 0.3 is 0 Å². The van der Waals surface area contributed by atoms with Gasteiger partial charge in [0.05, 0.1) is 22.4 Å². The van der Waals surface area contributed by atoms with Crippen LogP contribution in [0.4, 0.5) is 39.8 Å². The fourth-order valence-corrected chi connectivity index (χ4v) is 8.29. The molecule has 0 atom stereocenters. The number of benzene rings is 6. The number of fused-ring (bicyclic) bond motifs is 7. The maximum Gasteiger partial charge on any atom is 0.252 e. The zero-order valence-corrected chi connectivity index (χ0v) is 24.5. The zero-order chi connectivity index (χ0) is 29.2. The molecule has 4 nitrogen and oxygen atoms in total. The molecule has 0 radical (unpaired) electrons. The van der Waals surface area contributed by atoms with E-state index in [9.17, 15) is 0 Å². The summed E-state index contributed by atoms with van der Waals surface area (Å²) in [7, 11) is 0. The monoisotopic (exact) mass is 565 g/mol. The molecule has 5 heteroatoms. The van der Waals surface area contributed by atoms with Crippen LogP contribution in [0.3, 0.4) is 0 Å². The lowest BCUT2D eigenvalue weighted by molar-refractivity contribution is 0.541. The van der Waals surface area contributed by atoms with E-state index in [0.717, 1.165) is 27.6 Å². The van der Waals surface area contributed by atoms with Crippen molar-refractivity contribution >= 4 is 84.9 Å². The third-order valence-electron chi connectivity index (χ3n) is 9.87. The van der Waals surface area contributed by atoms with Gasteiger partial charge in [-0.25, -0.2) is 0 Å². The lowest BCUT2D eigenvalue weighted by Gasteiger charge is -2.47. The molecule has 0 saturated carbocycles. The lowest BCUT2D eigenvalue weighted by Crippen LogP contribution is -2.63. The molecule has 44 heavy (non-hydrogen) atoms. The van der Waals surface area contributed by atoms with Gasteiger partial charge in [0.25, 0.3) is 6.71 Å². The van der Waals surface area contributed by atoms with E-state index in [1.54, 1.807) is 0 Å². The van der Waals surface area contributed by atoms with E-state index in [2.05, 4.69) is 156 Å². The SMILES string of the molecule is CC1(C)N(c2ccccc2)c2cccc3c2N1c1cccc2c1B3c1ccccc1N2c1cccc2oc3ccccc3c12. The summed E-state index contributed by atoms with van der Waals surface area (Å²) in [5.41, 5.74) is 14.1. The van der Waals surface area contributed by atoms with E-state index >= 15 is 0 Å². The van der Waals surface area contributed by atoms with Crippen molar-refractivity contribution in [2.24, 2.45) is 0 Å². The molecule has 0 unspecified atom stereocenters. The van der Waals surface area contributed by atoms with E-state index in [-0.39, 0.29) is 12.4 Å². The molecule has 0 spiro atoms. The average molecular weight is 565 g/mol. The second-order valence-corrected chi connectivity index (χ2v) is 12.5. The van der Waals surface area contributed by atoms with Crippen LogP contribution in [0.2, 0.25) is 0 Å². The van der Waals surface area contributed by atoms with Crippen LogP contribution >= 0.6 is 0 Å². The van der Waals surface area contributed by atoms with E-state index in [0.29, 0.717) is 0 Å². The summed E-state index contributed by atoms with van der Waals surface area (Å²) in [6.45, 7) is 4.80. The smallest absolute Gasteiger partial charge is 0.252 e. The van der Waals surface area contributed by atoms with Crippen molar-refractivity contribution in [1.82, 2.24) is 0 Å². The van der Waals surface area contributed by atoms with Gasteiger partial charge in [-0.3, -0.25) is 0 Å². The van der Waals surface area contributed by atoms with Gasteiger partial charge in [-0.15, -0.1) is 0 Å². The molecule has 208 valence electrons. The number of rotatable bonds is 2. The number of hydrogen-bond acceptors (Lipinski definition) is 4. The van der Waals surface area contributed by atoms with Crippen molar-refractivity contribution in [2.45, 2.75) is 19.5 Å². The van der Waals surface area contributed by atoms with Gasteiger partial charge in [0.2, 0.25) is 0 Å². The predicted octanol–water partition coefficient (Wildman–Crippen LogP) is 8.22. The minimum Gasteiger partial charge on any atom is -0.456 e. The topological polar surface area (TPSA) is 22.9 Å². The quantitative estimate of drug-likeness (QED) is 0.197. The molecule has 0 amide bonds. The number of anilines is 7. The summed E-state index contributed by atoms with van der Waals surface area (Å²) in [5, 5.41) is 2.28. The molecule has 0 N–H and O–H groups in total. The highest BCUT2D eigenvalue weighted by Gasteiger charge is 2.52. The first kappa shape index (κ1) is 24.1. The van der Waals surface area contributed by atoms with Crippen molar-refractivity contribution in [2.75, 3.05) is 14.7 Å². The van der Waals surface area contributed by atoms with Crippen molar-refractivity contribution < 1.29 is 4.42 Å². The Hall–Kier alpha value is -5.42. The van der Waals surface area contributed by atoms with Crippen LogP contribution in [0.15, 0.2) is 138 Å². The Labute approximate surface area is 256 Å². The standard InChI is InChI=1S/C39H28BN3O/c1-39(2)42(25-13-4-3-5-14-25)33-22-10-17-28-38(33)43(39)32-21-11-20-31-37(32)40(28)27-16-7-8-18-29(27)41(31)30-19-12-24-35-36(30)26-15-6-9-23-34(26)44-35/h3-24H,1-2H3. The second kappa shape index (κ2) is 8.36. The Balaban J connectivity index is 1.29. The molecule has 1 aromatic heterocycles. The van der Waals surface area contributed by atoms with Gasteiger partial charge in [0.15, 0.2) is 0 Å². The summed E-state index contributed by atoms with van der Waals surface area (Å²) >= 11 is 0. The van der Waals surface area contributed by atoms with Crippen LogP contribution in [0, 0.1) is 0 Å². The lowest BCUT2D eigenvalue weighted by atomic mass is 9.33. The summed E-state index contributed by atoms with van der Waals surface area (Å²) in [6, 6.07) is 48.3. The first-order valence-corrected chi connectivity index (χ1v) is 15.3. The Kier molecular flexibility index (Phi) is 4.57. The van der Waals surface area contributed by atoms with Gasteiger partial charge in [-0.05, 0) is 84.8 Å². The molecule has 10 rings (SSSR count). The Morgan fingerprint density at radius 2 is 1.16 bits per heavy atom. The fourth-order valence-electron chi connectivity index (χ4n) is 8.29. The van der Waals surface area contributed by atoms with E-state index < -0.39 is 0 Å². The van der Waals surface area contributed by atoms with Crippen molar-refractivity contribution in [3.8, 4) is 0 Å². The molecular weight excluding hydrogens is 537 g/mol.